The van der Waals surface area contributed by atoms with Crippen LogP contribution in [-0.2, 0) is 4.74 Å². The van der Waals surface area contributed by atoms with Crippen molar-refractivity contribution in [2.45, 2.75) is 18.9 Å². The van der Waals surface area contributed by atoms with Gasteiger partial charge in [0.05, 0.1) is 24.5 Å². The maximum Gasteiger partial charge on any atom is 0.147 e. The van der Waals surface area contributed by atoms with E-state index in [1.807, 2.05) is 0 Å². The molecule has 1 atom stereocenters. The summed E-state index contributed by atoms with van der Waals surface area (Å²) in [4.78, 5) is 8.10. The van der Waals surface area contributed by atoms with Gasteiger partial charge in [0, 0.05) is 6.61 Å². The minimum Gasteiger partial charge on any atom is -0.382 e. The first-order valence-electron chi connectivity index (χ1n) is 4.61. The minimum absolute atomic E-state index is 0.0392. The molecule has 2 heterocycles. The zero-order valence-electron chi connectivity index (χ0n) is 8.16. The summed E-state index contributed by atoms with van der Waals surface area (Å²) in [5.74, 6) is 1.13. The summed E-state index contributed by atoms with van der Waals surface area (Å²) in [5.41, 5.74) is 5.49. The van der Waals surface area contributed by atoms with Crippen LogP contribution in [0.15, 0.2) is 12.4 Å². The monoisotopic (exact) mass is 194 g/mol. The second-order valence-electron chi connectivity index (χ2n) is 3.82. The topological polar surface area (TPSA) is 73.1 Å². The average molecular weight is 194 g/mol. The molecule has 0 bridgehead atoms. The SMILES string of the molecule is CC1(Nc2cncc(N)n2)CCOC1. The van der Waals surface area contributed by atoms with E-state index < -0.39 is 0 Å². The maximum atomic E-state index is 5.53. The van der Waals surface area contributed by atoms with Gasteiger partial charge in [0.2, 0.25) is 0 Å². The highest BCUT2D eigenvalue weighted by Crippen LogP contribution is 2.22. The summed E-state index contributed by atoms with van der Waals surface area (Å²) < 4.78 is 5.32. The van der Waals surface area contributed by atoms with E-state index in [0.29, 0.717) is 18.2 Å². The average Bonchev–Trinajstić information content (AvgIpc) is 2.51. The summed E-state index contributed by atoms with van der Waals surface area (Å²) in [6, 6.07) is 0. The Morgan fingerprint density at radius 3 is 3.07 bits per heavy atom. The van der Waals surface area contributed by atoms with Gasteiger partial charge in [0.25, 0.3) is 0 Å². The van der Waals surface area contributed by atoms with Crippen molar-refractivity contribution in [1.82, 2.24) is 9.97 Å². The highest BCUT2D eigenvalue weighted by molar-refractivity contribution is 5.40. The van der Waals surface area contributed by atoms with E-state index in [9.17, 15) is 0 Å². The Morgan fingerprint density at radius 2 is 2.43 bits per heavy atom. The molecule has 0 amide bonds. The Balaban J connectivity index is 2.10. The van der Waals surface area contributed by atoms with Crippen LogP contribution in [0.4, 0.5) is 11.6 Å². The number of rotatable bonds is 2. The van der Waals surface area contributed by atoms with Gasteiger partial charge in [0.15, 0.2) is 0 Å². The van der Waals surface area contributed by atoms with Crippen LogP contribution in [0.25, 0.3) is 0 Å². The molecule has 5 nitrogen and oxygen atoms in total. The number of nitrogens with two attached hydrogens (primary N) is 1. The number of nitrogens with one attached hydrogen (secondary N) is 1. The smallest absolute Gasteiger partial charge is 0.147 e. The van der Waals surface area contributed by atoms with Crippen LogP contribution in [0.2, 0.25) is 0 Å². The van der Waals surface area contributed by atoms with Crippen LogP contribution in [0.3, 0.4) is 0 Å². The van der Waals surface area contributed by atoms with E-state index in [4.69, 9.17) is 10.5 Å². The van der Waals surface area contributed by atoms with E-state index in [1.54, 1.807) is 6.20 Å². The molecule has 1 aliphatic heterocycles. The molecule has 0 saturated carbocycles. The lowest BCUT2D eigenvalue weighted by Crippen LogP contribution is -2.35. The van der Waals surface area contributed by atoms with E-state index >= 15 is 0 Å². The zero-order valence-corrected chi connectivity index (χ0v) is 8.16. The Hall–Kier alpha value is -1.36. The first-order valence-corrected chi connectivity index (χ1v) is 4.61. The largest absolute Gasteiger partial charge is 0.382 e. The lowest BCUT2D eigenvalue weighted by atomic mass is 10.0. The number of nitrogens with zero attached hydrogens (tertiary/aromatic N) is 2. The predicted octanol–water partition coefficient (Wildman–Crippen LogP) is 0.650. The molecule has 0 spiro atoms. The van der Waals surface area contributed by atoms with Gasteiger partial charge in [-0.3, -0.25) is 4.98 Å². The number of nitrogen functional groups attached to an aromatic ring is 1. The first kappa shape index (κ1) is 9.21. The molecule has 3 N–H and O–H groups in total. The normalized spacial score (nSPS) is 26.4. The van der Waals surface area contributed by atoms with Gasteiger partial charge in [-0.05, 0) is 13.3 Å². The zero-order chi connectivity index (χ0) is 10.0. The van der Waals surface area contributed by atoms with Crippen LogP contribution < -0.4 is 11.1 Å². The summed E-state index contributed by atoms with van der Waals surface area (Å²) in [5, 5.41) is 3.28. The second kappa shape index (κ2) is 3.42. The highest BCUT2D eigenvalue weighted by atomic mass is 16.5. The van der Waals surface area contributed by atoms with Crippen molar-refractivity contribution in [3.63, 3.8) is 0 Å². The van der Waals surface area contributed by atoms with Gasteiger partial charge >= 0.3 is 0 Å². The summed E-state index contributed by atoms with van der Waals surface area (Å²) in [7, 11) is 0. The van der Waals surface area contributed by atoms with Crippen molar-refractivity contribution in [1.29, 1.82) is 0 Å². The molecule has 76 valence electrons. The first-order chi connectivity index (χ1) is 6.68. The van der Waals surface area contributed by atoms with Crippen molar-refractivity contribution in [3.05, 3.63) is 12.4 Å². The maximum absolute atomic E-state index is 5.53. The van der Waals surface area contributed by atoms with Gasteiger partial charge in [-0.2, -0.15) is 0 Å². The molecule has 0 radical (unpaired) electrons. The summed E-state index contributed by atoms with van der Waals surface area (Å²) in [6.45, 7) is 3.59. The van der Waals surface area contributed by atoms with Crippen LogP contribution in [0.1, 0.15) is 13.3 Å². The van der Waals surface area contributed by atoms with E-state index in [-0.39, 0.29) is 5.54 Å². The fourth-order valence-electron chi connectivity index (χ4n) is 1.52. The molecule has 1 aromatic heterocycles. The minimum atomic E-state index is -0.0392. The van der Waals surface area contributed by atoms with Gasteiger partial charge in [0.1, 0.15) is 11.6 Å². The van der Waals surface area contributed by atoms with Crippen LogP contribution in [-0.4, -0.2) is 28.7 Å². The Bertz CT molecular complexity index is 322. The van der Waals surface area contributed by atoms with Gasteiger partial charge in [-0.1, -0.05) is 0 Å². The fraction of sp³-hybridized carbons (Fsp3) is 0.556. The molecular weight excluding hydrogens is 180 g/mol. The molecule has 1 aliphatic rings. The Kier molecular flexibility index (Phi) is 2.25. The molecule has 1 saturated heterocycles. The van der Waals surface area contributed by atoms with Crippen molar-refractivity contribution in [3.8, 4) is 0 Å². The van der Waals surface area contributed by atoms with Crippen LogP contribution >= 0.6 is 0 Å². The number of hydrogen-bond donors (Lipinski definition) is 2. The molecule has 1 aromatic rings. The van der Waals surface area contributed by atoms with Crippen LogP contribution in [0, 0.1) is 0 Å². The third-order valence-corrected chi connectivity index (χ3v) is 2.30. The molecule has 1 unspecified atom stereocenters. The van der Waals surface area contributed by atoms with Crippen LogP contribution in [0.5, 0.6) is 0 Å². The van der Waals surface area contributed by atoms with Gasteiger partial charge < -0.3 is 15.8 Å². The third kappa shape index (κ3) is 1.93. The molecule has 1 fully saturated rings. The molecule has 2 rings (SSSR count). The Morgan fingerprint density at radius 1 is 1.57 bits per heavy atom. The summed E-state index contributed by atoms with van der Waals surface area (Å²) in [6.07, 6.45) is 4.17. The quantitative estimate of drug-likeness (QED) is 0.723. The van der Waals surface area contributed by atoms with E-state index in [1.165, 1.54) is 6.20 Å². The molecule has 14 heavy (non-hydrogen) atoms. The molecule has 0 aromatic carbocycles. The lowest BCUT2D eigenvalue weighted by molar-refractivity contribution is 0.185. The standard InChI is InChI=1S/C9H14N4O/c1-9(2-3-14-6-9)13-8-5-11-4-7(10)12-8/h4-5H,2-3,6H2,1H3,(H3,10,12,13). The van der Waals surface area contributed by atoms with Crippen molar-refractivity contribution in [2.24, 2.45) is 0 Å². The fourth-order valence-corrected chi connectivity index (χ4v) is 1.52. The highest BCUT2D eigenvalue weighted by Gasteiger charge is 2.29. The van der Waals surface area contributed by atoms with Crippen molar-refractivity contribution in [2.75, 3.05) is 24.3 Å². The number of hydrogen-bond acceptors (Lipinski definition) is 5. The van der Waals surface area contributed by atoms with E-state index in [2.05, 4.69) is 22.2 Å². The number of aromatic nitrogens is 2. The van der Waals surface area contributed by atoms with Gasteiger partial charge in [-0.25, -0.2) is 4.98 Å². The van der Waals surface area contributed by atoms with E-state index in [0.717, 1.165) is 13.0 Å². The number of ether oxygens (including phenoxy) is 1. The predicted molar refractivity (Wildman–Crippen MR) is 53.9 cm³/mol. The molecule has 5 heteroatoms. The second-order valence-corrected chi connectivity index (χ2v) is 3.82. The Labute approximate surface area is 82.7 Å². The summed E-state index contributed by atoms with van der Waals surface area (Å²) >= 11 is 0. The van der Waals surface area contributed by atoms with Gasteiger partial charge in [-0.15, -0.1) is 0 Å². The molecule has 0 aliphatic carbocycles. The van der Waals surface area contributed by atoms with Crippen molar-refractivity contribution < 1.29 is 4.74 Å². The van der Waals surface area contributed by atoms with Crippen molar-refractivity contribution >= 4 is 11.6 Å². The lowest BCUT2D eigenvalue weighted by Gasteiger charge is -2.23. The third-order valence-electron chi connectivity index (χ3n) is 2.30. The molecular formula is C9H14N4O. The number of anilines is 2.